The summed E-state index contributed by atoms with van der Waals surface area (Å²) in [6.45, 7) is 7.44. The van der Waals surface area contributed by atoms with Crippen molar-refractivity contribution in [2.45, 2.75) is 71.3 Å². The first kappa shape index (κ1) is 21.8. The number of hydrogen-bond acceptors (Lipinski definition) is 2. The van der Waals surface area contributed by atoms with E-state index in [4.69, 9.17) is 4.74 Å². The van der Waals surface area contributed by atoms with Gasteiger partial charge >= 0.3 is 18.3 Å². The predicted octanol–water partition coefficient (Wildman–Crippen LogP) is 5.82. The van der Waals surface area contributed by atoms with E-state index in [2.05, 4.69) is 6.58 Å². The standard InChI is InChI=1S/C17H24F6O2/c1-10(2)13(24)25-15(5,17(21,22)23)12-8-6-11(7-9-12)14(3,4)16(18,19)20/h11-12H,1,6-9H2,2-5H3. The summed E-state index contributed by atoms with van der Waals surface area (Å²) < 4.78 is 84.8. The molecule has 1 saturated carbocycles. The van der Waals surface area contributed by atoms with Gasteiger partial charge in [0, 0.05) is 11.5 Å². The van der Waals surface area contributed by atoms with Crippen molar-refractivity contribution in [3.05, 3.63) is 12.2 Å². The molecule has 1 atom stereocenters. The van der Waals surface area contributed by atoms with Crippen molar-refractivity contribution in [2.75, 3.05) is 0 Å². The van der Waals surface area contributed by atoms with E-state index in [-0.39, 0.29) is 31.3 Å². The van der Waals surface area contributed by atoms with Crippen LogP contribution in [0.15, 0.2) is 12.2 Å². The second kappa shape index (κ2) is 6.83. The van der Waals surface area contributed by atoms with Crippen LogP contribution in [0.5, 0.6) is 0 Å². The third kappa shape index (κ3) is 4.31. The number of carbonyl (C=O) groups excluding carboxylic acids is 1. The zero-order valence-corrected chi connectivity index (χ0v) is 14.8. The summed E-state index contributed by atoms with van der Waals surface area (Å²) >= 11 is 0. The lowest BCUT2D eigenvalue weighted by Crippen LogP contribution is -2.54. The Bertz CT molecular complexity index is 512. The number of rotatable bonds is 4. The van der Waals surface area contributed by atoms with Gasteiger partial charge in [0.2, 0.25) is 5.60 Å². The Morgan fingerprint density at radius 1 is 0.880 bits per heavy atom. The van der Waals surface area contributed by atoms with E-state index in [0.29, 0.717) is 0 Å². The maximum Gasteiger partial charge on any atom is 0.428 e. The van der Waals surface area contributed by atoms with Crippen LogP contribution in [0.4, 0.5) is 26.3 Å². The monoisotopic (exact) mass is 374 g/mol. The van der Waals surface area contributed by atoms with Crippen LogP contribution in [0.1, 0.15) is 53.4 Å². The number of hydrogen-bond donors (Lipinski definition) is 0. The van der Waals surface area contributed by atoms with E-state index in [1.165, 1.54) is 6.92 Å². The highest BCUT2D eigenvalue weighted by Gasteiger charge is 2.61. The molecule has 0 aromatic heterocycles. The summed E-state index contributed by atoms with van der Waals surface area (Å²) in [5, 5.41) is 0. The highest BCUT2D eigenvalue weighted by Crippen LogP contribution is 2.53. The topological polar surface area (TPSA) is 26.3 Å². The fourth-order valence-electron chi connectivity index (χ4n) is 3.25. The molecular weight excluding hydrogens is 350 g/mol. The molecule has 8 heteroatoms. The largest absolute Gasteiger partial charge is 0.446 e. The van der Waals surface area contributed by atoms with Crippen molar-refractivity contribution in [1.29, 1.82) is 0 Å². The molecule has 1 fully saturated rings. The third-order valence-electron chi connectivity index (χ3n) is 5.47. The van der Waals surface area contributed by atoms with Gasteiger partial charge in [-0.2, -0.15) is 26.3 Å². The molecule has 0 amide bonds. The van der Waals surface area contributed by atoms with Gasteiger partial charge in [-0.15, -0.1) is 0 Å². The van der Waals surface area contributed by atoms with E-state index in [0.717, 1.165) is 20.8 Å². The van der Waals surface area contributed by atoms with Crippen molar-refractivity contribution in [3.8, 4) is 0 Å². The average Bonchev–Trinajstić information content (AvgIpc) is 2.44. The van der Waals surface area contributed by atoms with Gasteiger partial charge in [0.25, 0.3) is 0 Å². The highest BCUT2D eigenvalue weighted by molar-refractivity contribution is 5.87. The molecule has 0 aliphatic heterocycles. The molecule has 0 saturated heterocycles. The number of carbonyl (C=O) groups is 1. The molecule has 0 radical (unpaired) electrons. The average molecular weight is 374 g/mol. The molecule has 1 unspecified atom stereocenters. The molecule has 0 aromatic carbocycles. The van der Waals surface area contributed by atoms with Crippen molar-refractivity contribution < 1.29 is 35.9 Å². The Balaban J connectivity index is 2.97. The van der Waals surface area contributed by atoms with Gasteiger partial charge in [0.05, 0.1) is 5.41 Å². The van der Waals surface area contributed by atoms with Gasteiger partial charge in [-0.3, -0.25) is 0 Å². The van der Waals surface area contributed by atoms with Gasteiger partial charge < -0.3 is 4.74 Å². The maximum absolute atomic E-state index is 13.5. The van der Waals surface area contributed by atoms with Gasteiger partial charge in [-0.05, 0) is 45.4 Å². The summed E-state index contributed by atoms with van der Waals surface area (Å²) in [6.07, 6.45) is -9.45. The van der Waals surface area contributed by atoms with Gasteiger partial charge in [-0.25, -0.2) is 4.79 Å². The van der Waals surface area contributed by atoms with Crippen molar-refractivity contribution >= 4 is 5.97 Å². The molecular formula is C17H24F6O2. The Hall–Kier alpha value is -1.21. The number of esters is 1. The third-order valence-corrected chi connectivity index (χ3v) is 5.47. The normalized spacial score (nSPS) is 25.2. The lowest BCUT2D eigenvalue weighted by molar-refractivity contribution is -0.285. The molecule has 146 valence electrons. The Labute approximate surface area is 143 Å². The Kier molecular flexibility index (Phi) is 5.97. The van der Waals surface area contributed by atoms with Crippen LogP contribution in [0, 0.1) is 17.3 Å². The lowest BCUT2D eigenvalue weighted by Gasteiger charge is -2.45. The minimum absolute atomic E-state index is 0.00648. The van der Waals surface area contributed by atoms with E-state index in [1.807, 2.05) is 0 Å². The van der Waals surface area contributed by atoms with E-state index in [9.17, 15) is 31.1 Å². The molecule has 1 rings (SSSR count). The zero-order valence-electron chi connectivity index (χ0n) is 14.8. The summed E-state index contributed by atoms with van der Waals surface area (Å²) in [4.78, 5) is 11.6. The highest BCUT2D eigenvalue weighted by atomic mass is 19.4. The quantitative estimate of drug-likeness (QED) is 0.352. The Morgan fingerprint density at radius 2 is 1.28 bits per heavy atom. The molecule has 0 spiro atoms. The van der Waals surface area contributed by atoms with Crippen molar-refractivity contribution in [3.63, 3.8) is 0 Å². The molecule has 0 heterocycles. The first-order valence-corrected chi connectivity index (χ1v) is 8.06. The number of halogens is 6. The second-order valence-electron chi connectivity index (χ2n) is 7.54. The van der Waals surface area contributed by atoms with E-state index >= 15 is 0 Å². The van der Waals surface area contributed by atoms with E-state index in [1.54, 1.807) is 0 Å². The molecule has 25 heavy (non-hydrogen) atoms. The molecule has 1 aliphatic rings. The lowest BCUT2D eigenvalue weighted by atomic mass is 9.65. The van der Waals surface area contributed by atoms with Crippen LogP contribution in [0.3, 0.4) is 0 Å². The van der Waals surface area contributed by atoms with Gasteiger partial charge in [0.15, 0.2) is 0 Å². The molecule has 2 nitrogen and oxygen atoms in total. The molecule has 0 aromatic rings. The number of alkyl halides is 6. The molecule has 0 N–H and O–H groups in total. The van der Waals surface area contributed by atoms with Crippen molar-refractivity contribution in [2.24, 2.45) is 17.3 Å². The van der Waals surface area contributed by atoms with Crippen LogP contribution in [-0.4, -0.2) is 23.9 Å². The summed E-state index contributed by atoms with van der Waals surface area (Å²) in [5.74, 6) is -3.01. The molecule has 1 aliphatic carbocycles. The maximum atomic E-state index is 13.5. The molecule has 0 bridgehead atoms. The summed E-state index contributed by atoms with van der Waals surface area (Å²) in [5.41, 5.74) is -4.88. The van der Waals surface area contributed by atoms with E-state index < -0.39 is 41.2 Å². The van der Waals surface area contributed by atoms with Crippen LogP contribution in [0.2, 0.25) is 0 Å². The summed E-state index contributed by atoms with van der Waals surface area (Å²) in [6, 6.07) is 0. The Morgan fingerprint density at radius 3 is 1.60 bits per heavy atom. The predicted molar refractivity (Wildman–Crippen MR) is 80.7 cm³/mol. The van der Waals surface area contributed by atoms with Crippen LogP contribution in [0.25, 0.3) is 0 Å². The minimum Gasteiger partial charge on any atom is -0.446 e. The second-order valence-corrected chi connectivity index (χ2v) is 7.54. The first-order chi connectivity index (χ1) is 11.0. The smallest absolute Gasteiger partial charge is 0.428 e. The minimum atomic E-state index is -4.82. The zero-order chi connectivity index (χ0) is 19.8. The van der Waals surface area contributed by atoms with Gasteiger partial charge in [0.1, 0.15) is 0 Å². The summed E-state index contributed by atoms with van der Waals surface area (Å²) in [7, 11) is 0. The number of ether oxygens (including phenoxy) is 1. The van der Waals surface area contributed by atoms with Crippen LogP contribution in [-0.2, 0) is 9.53 Å². The fraction of sp³-hybridized carbons (Fsp3) is 0.824. The van der Waals surface area contributed by atoms with Gasteiger partial charge in [-0.1, -0.05) is 20.4 Å². The van der Waals surface area contributed by atoms with Crippen molar-refractivity contribution in [1.82, 2.24) is 0 Å². The van der Waals surface area contributed by atoms with Crippen LogP contribution < -0.4 is 0 Å². The fourth-order valence-corrected chi connectivity index (χ4v) is 3.25. The van der Waals surface area contributed by atoms with Crippen LogP contribution >= 0.6 is 0 Å². The SMILES string of the molecule is C=C(C)C(=O)OC(C)(C1CCC(C(C)(C)C(F)(F)F)CC1)C(F)(F)F. The first-order valence-electron chi connectivity index (χ1n) is 8.06.